The van der Waals surface area contributed by atoms with Gasteiger partial charge in [0.15, 0.2) is 23.0 Å². The van der Waals surface area contributed by atoms with Crippen molar-refractivity contribution in [2.24, 2.45) is 0 Å². The van der Waals surface area contributed by atoms with Gasteiger partial charge in [-0.3, -0.25) is 14.5 Å². The first-order valence-corrected chi connectivity index (χ1v) is 11.3. The Labute approximate surface area is 195 Å². The van der Waals surface area contributed by atoms with E-state index in [0.29, 0.717) is 38.5 Å². The lowest BCUT2D eigenvalue weighted by atomic mass is 10.1. The molecule has 9 heteroatoms. The van der Waals surface area contributed by atoms with Crippen LogP contribution in [0.4, 0.5) is 4.79 Å². The van der Waals surface area contributed by atoms with Crippen LogP contribution in [0, 0.1) is 0 Å². The molecule has 2 heterocycles. The van der Waals surface area contributed by atoms with Crippen LogP contribution >= 0.6 is 23.4 Å². The molecule has 0 N–H and O–H groups in total. The Kier molecular flexibility index (Phi) is 6.53. The molecule has 0 aliphatic carbocycles. The van der Waals surface area contributed by atoms with E-state index in [0.717, 1.165) is 28.6 Å². The molecule has 32 heavy (non-hydrogen) atoms. The third-order valence-electron chi connectivity index (χ3n) is 5.13. The van der Waals surface area contributed by atoms with Crippen molar-refractivity contribution in [1.82, 2.24) is 4.90 Å². The van der Waals surface area contributed by atoms with Gasteiger partial charge in [-0.25, -0.2) is 0 Å². The van der Waals surface area contributed by atoms with Crippen molar-refractivity contribution in [3.05, 3.63) is 51.4 Å². The average Bonchev–Trinajstić information content (AvgIpc) is 3.33. The van der Waals surface area contributed by atoms with Crippen LogP contribution in [0.15, 0.2) is 35.2 Å². The molecule has 0 unspecified atom stereocenters. The number of imide groups is 1. The highest BCUT2D eigenvalue weighted by atomic mass is 35.5. The number of thioether (sulfide) groups is 1. The molecule has 1 saturated heterocycles. The number of benzene rings is 2. The van der Waals surface area contributed by atoms with E-state index in [1.54, 1.807) is 37.5 Å². The van der Waals surface area contributed by atoms with E-state index in [-0.39, 0.29) is 30.6 Å². The SMILES string of the molecule is CC[C@@H](C)Oc1ccc(/C=C2\SC(=O)N(Cc3cc4c(cc3Cl)OCO4)C2=O)cc1OC. The maximum Gasteiger partial charge on any atom is 0.293 e. The molecule has 1 atom stereocenters. The molecule has 0 radical (unpaired) electrons. The first kappa shape index (κ1) is 22.4. The van der Waals surface area contributed by atoms with Crippen molar-refractivity contribution in [3.8, 4) is 23.0 Å². The Morgan fingerprint density at radius 1 is 1.19 bits per heavy atom. The van der Waals surface area contributed by atoms with Crippen LogP contribution < -0.4 is 18.9 Å². The fourth-order valence-corrected chi connectivity index (χ4v) is 4.26. The Morgan fingerprint density at radius 3 is 2.66 bits per heavy atom. The summed E-state index contributed by atoms with van der Waals surface area (Å²) in [5.41, 5.74) is 1.33. The summed E-state index contributed by atoms with van der Waals surface area (Å²) < 4.78 is 22.0. The van der Waals surface area contributed by atoms with Gasteiger partial charge in [0.25, 0.3) is 11.1 Å². The molecule has 1 fully saturated rings. The third-order valence-corrected chi connectivity index (χ3v) is 6.39. The monoisotopic (exact) mass is 475 g/mol. The second-order valence-electron chi connectivity index (χ2n) is 7.31. The zero-order valence-electron chi connectivity index (χ0n) is 17.8. The first-order chi connectivity index (χ1) is 15.4. The highest BCUT2D eigenvalue weighted by molar-refractivity contribution is 8.18. The summed E-state index contributed by atoms with van der Waals surface area (Å²) in [6.45, 7) is 4.18. The maximum atomic E-state index is 12.9. The summed E-state index contributed by atoms with van der Waals surface area (Å²) in [6.07, 6.45) is 2.59. The molecule has 0 saturated carbocycles. The van der Waals surface area contributed by atoms with E-state index in [9.17, 15) is 9.59 Å². The number of nitrogens with zero attached hydrogens (tertiary/aromatic N) is 1. The minimum atomic E-state index is -0.382. The summed E-state index contributed by atoms with van der Waals surface area (Å²) in [7, 11) is 1.56. The zero-order valence-corrected chi connectivity index (χ0v) is 19.4. The van der Waals surface area contributed by atoms with E-state index in [4.69, 9.17) is 30.5 Å². The van der Waals surface area contributed by atoms with Gasteiger partial charge < -0.3 is 18.9 Å². The van der Waals surface area contributed by atoms with Crippen LogP contribution in [0.2, 0.25) is 5.02 Å². The Hall–Kier alpha value is -2.84. The van der Waals surface area contributed by atoms with Crippen molar-refractivity contribution < 1.29 is 28.5 Å². The van der Waals surface area contributed by atoms with E-state index >= 15 is 0 Å². The number of amides is 2. The molecule has 2 amide bonds. The van der Waals surface area contributed by atoms with Crippen molar-refractivity contribution in [2.75, 3.05) is 13.9 Å². The van der Waals surface area contributed by atoms with E-state index < -0.39 is 0 Å². The predicted octanol–water partition coefficient (Wildman–Crippen LogP) is 5.49. The molecule has 4 rings (SSSR count). The van der Waals surface area contributed by atoms with Crippen molar-refractivity contribution >= 4 is 40.6 Å². The highest BCUT2D eigenvalue weighted by Gasteiger charge is 2.35. The van der Waals surface area contributed by atoms with Gasteiger partial charge in [-0.1, -0.05) is 24.6 Å². The van der Waals surface area contributed by atoms with Gasteiger partial charge in [0.2, 0.25) is 6.79 Å². The minimum Gasteiger partial charge on any atom is -0.493 e. The van der Waals surface area contributed by atoms with Crippen LogP contribution in [-0.4, -0.2) is 36.1 Å². The molecule has 0 spiro atoms. The zero-order chi connectivity index (χ0) is 22.8. The smallest absolute Gasteiger partial charge is 0.293 e. The van der Waals surface area contributed by atoms with Gasteiger partial charge in [-0.2, -0.15) is 0 Å². The summed E-state index contributed by atoms with van der Waals surface area (Å²) >= 11 is 7.20. The second kappa shape index (κ2) is 9.34. The fraction of sp³-hybridized carbons (Fsp3) is 0.304. The van der Waals surface area contributed by atoms with Crippen LogP contribution in [0.3, 0.4) is 0 Å². The van der Waals surface area contributed by atoms with Gasteiger partial charge in [0.05, 0.1) is 24.7 Å². The predicted molar refractivity (Wildman–Crippen MR) is 122 cm³/mol. The van der Waals surface area contributed by atoms with Crippen LogP contribution in [0.25, 0.3) is 6.08 Å². The lowest BCUT2D eigenvalue weighted by Crippen LogP contribution is -2.27. The summed E-state index contributed by atoms with van der Waals surface area (Å²) in [5.74, 6) is 1.89. The number of hydrogen-bond donors (Lipinski definition) is 0. The third kappa shape index (κ3) is 4.52. The average molecular weight is 476 g/mol. The molecule has 7 nitrogen and oxygen atoms in total. The number of rotatable bonds is 7. The number of ether oxygens (including phenoxy) is 4. The van der Waals surface area contributed by atoms with Crippen molar-refractivity contribution in [1.29, 1.82) is 0 Å². The van der Waals surface area contributed by atoms with E-state index in [1.165, 1.54) is 0 Å². The lowest BCUT2D eigenvalue weighted by molar-refractivity contribution is -0.123. The summed E-state index contributed by atoms with van der Waals surface area (Å²) in [4.78, 5) is 27.0. The molecular formula is C23H22ClNO6S. The van der Waals surface area contributed by atoms with Gasteiger partial charge in [-0.05, 0) is 60.5 Å². The summed E-state index contributed by atoms with van der Waals surface area (Å²) in [6, 6.07) is 8.72. The maximum absolute atomic E-state index is 12.9. The van der Waals surface area contributed by atoms with Gasteiger partial charge in [-0.15, -0.1) is 0 Å². The molecule has 2 aliphatic rings. The van der Waals surface area contributed by atoms with E-state index in [1.807, 2.05) is 19.9 Å². The Balaban J connectivity index is 1.54. The van der Waals surface area contributed by atoms with E-state index in [2.05, 4.69) is 0 Å². The number of methoxy groups -OCH3 is 1. The molecular weight excluding hydrogens is 454 g/mol. The molecule has 0 aromatic heterocycles. The molecule has 168 valence electrons. The molecule has 0 bridgehead atoms. The normalized spacial score (nSPS) is 17.2. The summed E-state index contributed by atoms with van der Waals surface area (Å²) in [5, 5.41) is 0.0394. The lowest BCUT2D eigenvalue weighted by Gasteiger charge is -2.16. The number of halogens is 1. The fourth-order valence-electron chi connectivity index (χ4n) is 3.21. The van der Waals surface area contributed by atoms with Crippen LogP contribution in [0.1, 0.15) is 31.4 Å². The molecule has 2 aromatic carbocycles. The number of hydrogen-bond acceptors (Lipinski definition) is 7. The standard InChI is InChI=1S/C23H22ClNO6S/c1-4-13(2)31-17-6-5-14(7-18(17)28-3)8-21-22(26)25(23(27)32-21)11-15-9-19-20(10-16(15)24)30-12-29-19/h5-10,13H,4,11-12H2,1-3H3/b21-8-/t13-/m1/s1. The Morgan fingerprint density at radius 2 is 1.94 bits per heavy atom. The number of carbonyl (C=O) groups excluding carboxylic acids is 2. The molecule has 2 aliphatic heterocycles. The van der Waals surface area contributed by atoms with Gasteiger partial charge in [0, 0.05) is 11.1 Å². The number of fused-ring (bicyclic) bond motifs is 1. The largest absolute Gasteiger partial charge is 0.493 e. The van der Waals surface area contributed by atoms with Crippen molar-refractivity contribution in [3.63, 3.8) is 0 Å². The minimum absolute atomic E-state index is 0.0441. The first-order valence-electron chi connectivity index (χ1n) is 10.1. The molecule has 2 aromatic rings. The number of carbonyl (C=O) groups is 2. The Bertz CT molecular complexity index is 1100. The van der Waals surface area contributed by atoms with Crippen LogP contribution in [-0.2, 0) is 11.3 Å². The second-order valence-corrected chi connectivity index (χ2v) is 8.71. The van der Waals surface area contributed by atoms with Crippen LogP contribution in [0.5, 0.6) is 23.0 Å². The topological polar surface area (TPSA) is 74.3 Å². The highest BCUT2D eigenvalue weighted by Crippen LogP contribution is 2.40. The van der Waals surface area contributed by atoms with Gasteiger partial charge in [0.1, 0.15) is 0 Å². The van der Waals surface area contributed by atoms with Gasteiger partial charge >= 0.3 is 0 Å². The quantitative estimate of drug-likeness (QED) is 0.490. The van der Waals surface area contributed by atoms with Crippen molar-refractivity contribution in [2.45, 2.75) is 32.9 Å².